The van der Waals surface area contributed by atoms with Crippen LogP contribution in [0.5, 0.6) is 0 Å². The Morgan fingerprint density at radius 1 is 1.15 bits per heavy atom. The van der Waals surface area contributed by atoms with Gasteiger partial charge < -0.3 is 5.11 Å². The van der Waals surface area contributed by atoms with E-state index in [1.165, 1.54) is 12.2 Å². The molecule has 0 unspecified atom stereocenters. The zero-order valence-electron chi connectivity index (χ0n) is 15.8. The molecule has 0 spiro atoms. The van der Waals surface area contributed by atoms with Crippen LogP contribution in [-0.4, -0.2) is 22.5 Å². The highest BCUT2D eigenvalue weighted by Crippen LogP contribution is 2.28. The quantitative estimate of drug-likeness (QED) is 0.431. The molecule has 1 N–H and O–H groups in total. The monoisotopic (exact) mass is 354 g/mol. The Labute approximate surface area is 162 Å². The van der Waals surface area contributed by atoms with Crippen molar-refractivity contribution in [2.75, 3.05) is 0 Å². The summed E-state index contributed by atoms with van der Waals surface area (Å²) in [5.41, 5.74) is 3.53. The zero-order valence-corrected chi connectivity index (χ0v) is 15.8. The van der Waals surface area contributed by atoms with Crippen LogP contribution >= 0.6 is 0 Å². The van der Waals surface area contributed by atoms with Crippen LogP contribution in [0.25, 0.3) is 22.3 Å². The van der Waals surface area contributed by atoms with Gasteiger partial charge in [0, 0.05) is 5.70 Å². The molecule has 1 aromatic carbocycles. The first-order valence-corrected chi connectivity index (χ1v) is 8.67. The number of fused-ring (bicyclic) bond motifs is 1. The predicted octanol–water partition coefficient (Wildman–Crippen LogP) is 5.02. The van der Waals surface area contributed by atoms with Crippen molar-refractivity contribution in [3.05, 3.63) is 97.6 Å². The molecule has 2 radical (unpaired) electrons. The minimum atomic E-state index is 0.0490. The number of aromatic nitrogens is 2. The van der Waals surface area contributed by atoms with Crippen molar-refractivity contribution in [3.8, 4) is 0 Å². The summed E-state index contributed by atoms with van der Waals surface area (Å²) in [6.45, 7) is 11.3. The second kappa shape index (κ2) is 9.44. The molecule has 27 heavy (non-hydrogen) atoms. The smallest absolute Gasteiger partial charge is 0.149 e. The van der Waals surface area contributed by atoms with Crippen LogP contribution in [0.3, 0.4) is 0 Å². The number of para-hydroxylation sites is 1. The van der Waals surface area contributed by atoms with Gasteiger partial charge in [0.25, 0.3) is 0 Å². The first-order valence-electron chi connectivity index (χ1n) is 8.67. The normalized spacial score (nSPS) is 13.8. The molecule has 2 aromatic rings. The van der Waals surface area contributed by atoms with Gasteiger partial charge in [0.15, 0.2) is 0 Å². The fourth-order valence-electron chi connectivity index (χ4n) is 2.72. The minimum absolute atomic E-state index is 0.0490. The summed E-state index contributed by atoms with van der Waals surface area (Å²) in [7, 11) is 6.15. The third-order valence-electron chi connectivity index (χ3n) is 3.92. The molecule has 0 aliphatic rings. The Morgan fingerprint density at radius 2 is 1.89 bits per heavy atom. The molecule has 0 saturated heterocycles. The molecule has 134 valence electrons. The topological polar surface area (TPSA) is 38.1 Å². The highest BCUT2D eigenvalue weighted by atomic mass is 16.3. The Morgan fingerprint density at radius 3 is 2.52 bits per heavy atom. The SMILES string of the molecule is [B]c1cccc2c1nc(C(=C/C=C)/C(O)=C\C=C)n2C(/C=C\C=C/C)=C/C. The molecule has 0 aliphatic heterocycles. The third-order valence-corrected chi connectivity index (χ3v) is 3.92. The summed E-state index contributed by atoms with van der Waals surface area (Å²) in [4.78, 5) is 4.73. The van der Waals surface area contributed by atoms with E-state index in [2.05, 4.69) is 13.2 Å². The number of imidazole rings is 1. The molecule has 3 nitrogen and oxygen atoms in total. The Bertz CT molecular complexity index is 1000. The van der Waals surface area contributed by atoms with E-state index in [0.717, 1.165) is 11.2 Å². The predicted molar refractivity (Wildman–Crippen MR) is 118 cm³/mol. The van der Waals surface area contributed by atoms with Crippen molar-refractivity contribution in [1.29, 1.82) is 0 Å². The fourth-order valence-corrected chi connectivity index (χ4v) is 2.72. The van der Waals surface area contributed by atoms with Gasteiger partial charge in [-0.3, -0.25) is 4.57 Å². The molecule has 0 aliphatic carbocycles. The van der Waals surface area contributed by atoms with Crippen LogP contribution in [-0.2, 0) is 0 Å². The van der Waals surface area contributed by atoms with Gasteiger partial charge >= 0.3 is 0 Å². The maximum absolute atomic E-state index is 10.5. The zero-order chi connectivity index (χ0) is 19.8. The first-order chi connectivity index (χ1) is 13.1. The van der Waals surface area contributed by atoms with E-state index in [1.807, 2.05) is 67.0 Å². The van der Waals surface area contributed by atoms with Crippen LogP contribution < -0.4 is 5.46 Å². The van der Waals surface area contributed by atoms with Gasteiger partial charge in [0.2, 0.25) is 0 Å². The molecule has 0 amide bonds. The van der Waals surface area contributed by atoms with Gasteiger partial charge in [0.05, 0.1) is 16.6 Å². The number of hydrogen-bond acceptors (Lipinski definition) is 2. The summed E-state index contributed by atoms with van der Waals surface area (Å²) < 4.78 is 1.97. The highest BCUT2D eigenvalue weighted by molar-refractivity contribution is 6.38. The van der Waals surface area contributed by atoms with E-state index < -0.39 is 0 Å². The van der Waals surface area contributed by atoms with Crippen molar-refractivity contribution in [1.82, 2.24) is 9.55 Å². The summed E-state index contributed by atoms with van der Waals surface area (Å²) >= 11 is 0. The number of nitrogens with zero attached hydrogens (tertiary/aromatic N) is 2. The summed E-state index contributed by atoms with van der Waals surface area (Å²) in [6, 6.07) is 5.65. The van der Waals surface area contributed by atoms with Gasteiger partial charge in [-0.25, -0.2) is 4.98 Å². The maximum atomic E-state index is 10.5. The lowest BCUT2D eigenvalue weighted by Gasteiger charge is -2.12. The van der Waals surface area contributed by atoms with E-state index in [0.29, 0.717) is 22.4 Å². The van der Waals surface area contributed by atoms with Crippen molar-refractivity contribution in [3.63, 3.8) is 0 Å². The van der Waals surface area contributed by atoms with Crippen LogP contribution in [0, 0.1) is 0 Å². The van der Waals surface area contributed by atoms with E-state index in [1.54, 1.807) is 12.2 Å². The van der Waals surface area contributed by atoms with Gasteiger partial charge in [-0.15, -0.1) is 0 Å². The number of benzene rings is 1. The lowest BCUT2D eigenvalue weighted by atomic mass is 9.95. The molecule has 1 aromatic heterocycles. The van der Waals surface area contributed by atoms with E-state index >= 15 is 0 Å². The van der Waals surface area contributed by atoms with Crippen molar-refractivity contribution in [2.24, 2.45) is 0 Å². The molecule has 2 rings (SSSR count). The number of allylic oxidation sites excluding steroid dienone is 11. The molecular formula is C23H23BN2O. The molecule has 0 saturated carbocycles. The Hall–Kier alpha value is -3.27. The summed E-state index contributed by atoms with van der Waals surface area (Å²) in [5, 5.41) is 10.5. The molecule has 0 atom stereocenters. The second-order valence-electron chi connectivity index (χ2n) is 5.69. The third kappa shape index (κ3) is 4.29. The van der Waals surface area contributed by atoms with Gasteiger partial charge in [0.1, 0.15) is 19.4 Å². The van der Waals surface area contributed by atoms with Gasteiger partial charge in [-0.1, -0.05) is 67.2 Å². The van der Waals surface area contributed by atoms with Crippen LogP contribution in [0.4, 0.5) is 0 Å². The molecule has 4 heteroatoms. The fraction of sp³-hybridized carbons (Fsp3) is 0.0870. The van der Waals surface area contributed by atoms with Crippen LogP contribution in [0.2, 0.25) is 0 Å². The molecule has 0 bridgehead atoms. The van der Waals surface area contributed by atoms with E-state index in [4.69, 9.17) is 12.8 Å². The summed E-state index contributed by atoms with van der Waals surface area (Å²) in [6.07, 6.45) is 16.2. The second-order valence-corrected chi connectivity index (χ2v) is 5.69. The van der Waals surface area contributed by atoms with Crippen molar-refractivity contribution < 1.29 is 5.11 Å². The number of rotatable bonds is 7. The average molecular weight is 354 g/mol. The average Bonchev–Trinajstić information content (AvgIpc) is 3.04. The summed E-state index contributed by atoms with van der Waals surface area (Å²) in [5.74, 6) is 0.615. The van der Waals surface area contributed by atoms with Crippen molar-refractivity contribution in [2.45, 2.75) is 13.8 Å². The van der Waals surface area contributed by atoms with E-state index in [9.17, 15) is 5.11 Å². The van der Waals surface area contributed by atoms with Crippen LogP contribution in [0.15, 0.2) is 91.8 Å². The first kappa shape index (κ1) is 20.1. The lowest BCUT2D eigenvalue weighted by molar-refractivity contribution is 0.437. The minimum Gasteiger partial charge on any atom is -0.507 e. The molecular weight excluding hydrogens is 331 g/mol. The van der Waals surface area contributed by atoms with Crippen molar-refractivity contribution >= 4 is 35.6 Å². The van der Waals surface area contributed by atoms with Crippen LogP contribution in [0.1, 0.15) is 19.7 Å². The molecule has 0 fully saturated rings. The Balaban J connectivity index is 2.88. The maximum Gasteiger partial charge on any atom is 0.149 e. The number of aliphatic hydroxyl groups is 1. The lowest BCUT2D eigenvalue weighted by Crippen LogP contribution is -2.04. The number of hydrogen-bond donors (Lipinski definition) is 1. The van der Waals surface area contributed by atoms with Gasteiger partial charge in [-0.2, -0.15) is 0 Å². The largest absolute Gasteiger partial charge is 0.507 e. The standard InChI is InChI=1S/C23H23BN2O/c1-5-9-10-14-17(8-4)26-20-16-11-15-19(24)22(20)25-23(26)18(12-6-2)21(27)13-7-3/h5-16,27H,2-3H2,1,4H3/b9-5-,14-10-,17-8+,18-12+,21-13+. The van der Waals surface area contributed by atoms with Gasteiger partial charge in [-0.05, 0) is 38.1 Å². The highest BCUT2D eigenvalue weighted by Gasteiger charge is 2.19. The Kier molecular flexibility index (Phi) is 7.01. The van der Waals surface area contributed by atoms with E-state index in [-0.39, 0.29) is 5.76 Å². The molecule has 1 heterocycles. The number of aliphatic hydroxyl groups excluding tert-OH is 1.